The molecule has 0 unspecified atom stereocenters. The second-order valence-electron chi connectivity index (χ2n) is 5.28. The predicted molar refractivity (Wildman–Crippen MR) is 85.3 cm³/mol. The zero-order chi connectivity index (χ0) is 15.3. The van der Waals surface area contributed by atoms with Gasteiger partial charge in [0.15, 0.2) is 0 Å². The molecule has 0 aliphatic heterocycles. The van der Waals surface area contributed by atoms with Crippen LogP contribution in [-0.4, -0.2) is 34.6 Å². The largest absolute Gasteiger partial charge is 0.481 e. The van der Waals surface area contributed by atoms with Crippen molar-refractivity contribution >= 4 is 23.3 Å². The number of nitro groups is 1. The average Bonchev–Trinajstić information content (AvgIpc) is 2.53. The monoisotopic (exact) mass is 311 g/mol. The summed E-state index contributed by atoms with van der Waals surface area (Å²) < 4.78 is 5.20. The summed E-state index contributed by atoms with van der Waals surface area (Å²) in [6.45, 7) is 0.690. The average molecular weight is 311 g/mol. The molecule has 1 heterocycles. The Bertz CT molecular complexity index is 504. The first-order chi connectivity index (χ1) is 10.1. The van der Waals surface area contributed by atoms with Gasteiger partial charge in [-0.1, -0.05) is 19.3 Å². The lowest BCUT2D eigenvalue weighted by Crippen LogP contribution is -2.35. The van der Waals surface area contributed by atoms with Crippen molar-refractivity contribution in [3.8, 4) is 5.88 Å². The third-order valence-electron chi connectivity index (χ3n) is 4.03. The number of nitrogens with zero attached hydrogens (tertiary/aromatic N) is 2. The number of thioether (sulfide) groups is 1. The molecule has 0 saturated heterocycles. The summed E-state index contributed by atoms with van der Waals surface area (Å²) in [4.78, 5) is 14.9. The Morgan fingerprint density at radius 2 is 2.14 bits per heavy atom. The van der Waals surface area contributed by atoms with Crippen molar-refractivity contribution in [2.24, 2.45) is 0 Å². The zero-order valence-electron chi connectivity index (χ0n) is 12.4. The molecule has 0 spiro atoms. The van der Waals surface area contributed by atoms with Gasteiger partial charge in [-0.15, -0.1) is 0 Å². The molecule has 6 nitrogen and oxygen atoms in total. The normalized spacial score (nSPS) is 17.2. The summed E-state index contributed by atoms with van der Waals surface area (Å²) in [5.41, 5.74) is -0.0112. The van der Waals surface area contributed by atoms with Gasteiger partial charge in [0.05, 0.1) is 12.0 Å². The van der Waals surface area contributed by atoms with Gasteiger partial charge in [0, 0.05) is 23.4 Å². The van der Waals surface area contributed by atoms with E-state index in [4.69, 9.17) is 4.74 Å². The Morgan fingerprint density at radius 1 is 1.43 bits per heavy atom. The van der Waals surface area contributed by atoms with Crippen molar-refractivity contribution in [1.82, 2.24) is 4.98 Å². The van der Waals surface area contributed by atoms with Crippen LogP contribution in [0.25, 0.3) is 0 Å². The maximum Gasteiger partial charge on any atom is 0.311 e. The van der Waals surface area contributed by atoms with Gasteiger partial charge in [0.1, 0.15) is 0 Å². The quantitative estimate of drug-likeness (QED) is 0.640. The molecule has 0 radical (unpaired) electrons. The molecule has 21 heavy (non-hydrogen) atoms. The van der Waals surface area contributed by atoms with E-state index in [-0.39, 0.29) is 10.4 Å². The lowest BCUT2D eigenvalue weighted by Gasteiger charge is -2.35. The second-order valence-corrected chi connectivity index (χ2v) is 6.55. The molecule has 0 atom stereocenters. The Labute approximate surface area is 128 Å². The van der Waals surface area contributed by atoms with Gasteiger partial charge >= 0.3 is 5.69 Å². The molecule has 7 heteroatoms. The molecule has 1 aliphatic carbocycles. The van der Waals surface area contributed by atoms with Gasteiger partial charge in [0.2, 0.25) is 11.7 Å². The SMILES string of the molecule is COc1ccc([N+](=O)[O-])c(NCC2(SC)CCCCC2)n1. The fourth-order valence-corrected chi connectivity index (χ4v) is 3.63. The van der Waals surface area contributed by atoms with E-state index in [1.54, 1.807) is 0 Å². The predicted octanol–water partition coefficient (Wildman–Crippen LogP) is 3.48. The van der Waals surface area contributed by atoms with Crippen molar-refractivity contribution in [2.75, 3.05) is 25.2 Å². The van der Waals surface area contributed by atoms with E-state index in [2.05, 4.69) is 16.6 Å². The van der Waals surface area contributed by atoms with E-state index in [9.17, 15) is 10.1 Å². The van der Waals surface area contributed by atoms with E-state index in [0.717, 1.165) is 12.8 Å². The lowest BCUT2D eigenvalue weighted by molar-refractivity contribution is -0.384. The van der Waals surface area contributed by atoms with Gasteiger partial charge in [-0.3, -0.25) is 10.1 Å². The highest BCUT2D eigenvalue weighted by Gasteiger charge is 2.31. The number of ether oxygens (including phenoxy) is 1. The first-order valence-corrected chi connectivity index (χ1v) is 8.31. The van der Waals surface area contributed by atoms with E-state index in [1.165, 1.54) is 38.5 Å². The third kappa shape index (κ3) is 3.78. The van der Waals surface area contributed by atoms with Crippen LogP contribution in [0.4, 0.5) is 11.5 Å². The molecule has 0 amide bonds. The molecule has 1 fully saturated rings. The number of hydrogen-bond donors (Lipinski definition) is 1. The van der Waals surface area contributed by atoms with Crippen molar-refractivity contribution in [2.45, 2.75) is 36.9 Å². The molecule has 1 aromatic heterocycles. The molecule has 1 aromatic rings. The van der Waals surface area contributed by atoms with Gasteiger partial charge in [-0.05, 0) is 19.1 Å². The number of hydrogen-bond acceptors (Lipinski definition) is 6. The minimum absolute atomic E-state index is 0.0112. The summed E-state index contributed by atoms with van der Waals surface area (Å²) in [6, 6.07) is 2.94. The summed E-state index contributed by atoms with van der Waals surface area (Å²) >= 11 is 1.85. The van der Waals surface area contributed by atoms with E-state index in [0.29, 0.717) is 18.2 Å². The van der Waals surface area contributed by atoms with Crippen LogP contribution in [0, 0.1) is 10.1 Å². The first-order valence-electron chi connectivity index (χ1n) is 7.09. The van der Waals surface area contributed by atoms with Crippen molar-refractivity contribution in [3.63, 3.8) is 0 Å². The Hall–Kier alpha value is -1.50. The second kappa shape index (κ2) is 6.98. The molecule has 1 aliphatic rings. The highest BCUT2D eigenvalue weighted by Crippen LogP contribution is 2.39. The van der Waals surface area contributed by atoms with Crippen LogP contribution in [0.3, 0.4) is 0 Å². The van der Waals surface area contributed by atoms with Crippen molar-refractivity contribution < 1.29 is 9.66 Å². The zero-order valence-corrected chi connectivity index (χ0v) is 13.2. The van der Waals surface area contributed by atoms with Crippen molar-refractivity contribution in [1.29, 1.82) is 0 Å². The number of aromatic nitrogens is 1. The number of methoxy groups -OCH3 is 1. The van der Waals surface area contributed by atoms with Crippen molar-refractivity contribution in [3.05, 3.63) is 22.2 Å². The first kappa shape index (κ1) is 15.9. The maximum absolute atomic E-state index is 11.1. The number of rotatable bonds is 6. The molecular formula is C14H21N3O3S. The smallest absolute Gasteiger partial charge is 0.311 e. The summed E-state index contributed by atoms with van der Waals surface area (Å²) in [5, 5.41) is 14.3. The molecule has 1 saturated carbocycles. The minimum Gasteiger partial charge on any atom is -0.481 e. The lowest BCUT2D eigenvalue weighted by atomic mass is 9.88. The van der Waals surface area contributed by atoms with Gasteiger partial charge in [-0.25, -0.2) is 0 Å². The highest BCUT2D eigenvalue weighted by atomic mass is 32.2. The van der Waals surface area contributed by atoms with Gasteiger partial charge < -0.3 is 10.1 Å². The van der Waals surface area contributed by atoms with Gasteiger partial charge in [0.25, 0.3) is 0 Å². The fourth-order valence-electron chi connectivity index (χ4n) is 2.72. The molecule has 1 N–H and O–H groups in total. The van der Waals surface area contributed by atoms with Crippen LogP contribution in [0.1, 0.15) is 32.1 Å². The third-order valence-corrected chi connectivity index (χ3v) is 5.45. The van der Waals surface area contributed by atoms with E-state index < -0.39 is 4.92 Å². The number of anilines is 1. The van der Waals surface area contributed by atoms with Crippen LogP contribution >= 0.6 is 11.8 Å². The highest BCUT2D eigenvalue weighted by molar-refractivity contribution is 8.00. The fraction of sp³-hybridized carbons (Fsp3) is 0.643. The summed E-state index contributed by atoms with van der Waals surface area (Å²) in [7, 11) is 1.50. The molecule has 0 bridgehead atoms. The topological polar surface area (TPSA) is 77.3 Å². The van der Waals surface area contributed by atoms with Crippen LogP contribution in [-0.2, 0) is 0 Å². The standard InChI is InChI=1S/C14H21N3O3S/c1-20-12-7-6-11(17(18)19)13(16-12)15-10-14(21-2)8-4-3-5-9-14/h6-7H,3-5,8-10H2,1-2H3,(H,15,16). The Morgan fingerprint density at radius 3 is 2.71 bits per heavy atom. The Kier molecular flexibility index (Phi) is 5.27. The summed E-state index contributed by atoms with van der Waals surface area (Å²) in [5.74, 6) is 0.670. The van der Waals surface area contributed by atoms with E-state index >= 15 is 0 Å². The molecule has 116 valence electrons. The maximum atomic E-state index is 11.1. The summed E-state index contributed by atoms with van der Waals surface area (Å²) in [6.07, 6.45) is 8.10. The van der Waals surface area contributed by atoms with Crippen LogP contribution in [0.15, 0.2) is 12.1 Å². The minimum atomic E-state index is -0.415. The van der Waals surface area contributed by atoms with E-state index in [1.807, 2.05) is 11.8 Å². The number of pyridine rings is 1. The van der Waals surface area contributed by atoms with Crippen LogP contribution in [0.2, 0.25) is 0 Å². The molecule has 0 aromatic carbocycles. The van der Waals surface area contributed by atoms with Crippen LogP contribution in [0.5, 0.6) is 5.88 Å². The van der Waals surface area contributed by atoms with Crippen LogP contribution < -0.4 is 10.1 Å². The number of nitrogens with one attached hydrogen (secondary N) is 1. The van der Waals surface area contributed by atoms with Gasteiger partial charge in [-0.2, -0.15) is 16.7 Å². The molecular weight excluding hydrogens is 290 g/mol. The molecule has 2 rings (SSSR count). The Balaban J connectivity index is 2.15.